The molecule has 4 heteroatoms. The first-order valence-electron chi connectivity index (χ1n) is 7.04. The highest BCUT2D eigenvalue weighted by Gasteiger charge is 2.11. The predicted octanol–water partition coefficient (Wildman–Crippen LogP) is 3.57. The van der Waals surface area contributed by atoms with E-state index in [1.165, 1.54) is 0 Å². The van der Waals surface area contributed by atoms with E-state index >= 15 is 0 Å². The molecule has 0 saturated carbocycles. The number of hydrogen-bond acceptors (Lipinski definition) is 4. The summed E-state index contributed by atoms with van der Waals surface area (Å²) in [4.78, 5) is 4.35. The number of hydrogen-bond donors (Lipinski definition) is 2. The molecule has 0 spiro atoms. The van der Waals surface area contributed by atoms with Crippen LogP contribution in [0.3, 0.4) is 0 Å². The maximum atomic E-state index is 8.40. The van der Waals surface area contributed by atoms with Gasteiger partial charge in [-0.15, -0.1) is 0 Å². The van der Waals surface area contributed by atoms with Crippen molar-refractivity contribution in [2.75, 3.05) is 19.0 Å². The van der Waals surface area contributed by atoms with Gasteiger partial charge in [-0.25, -0.2) is 4.98 Å². The van der Waals surface area contributed by atoms with E-state index in [-0.39, 0.29) is 0 Å². The maximum absolute atomic E-state index is 8.40. The number of pyridine rings is 1. The van der Waals surface area contributed by atoms with Crippen LogP contribution in [0.15, 0.2) is 42.6 Å². The summed E-state index contributed by atoms with van der Waals surface area (Å²) in [5.74, 6) is 2.07. The van der Waals surface area contributed by atoms with Crippen molar-refractivity contribution in [3.05, 3.63) is 53.7 Å². The maximum Gasteiger partial charge on any atom is 0.135 e. The fraction of sp³-hybridized carbons (Fsp3) is 0.294. The van der Waals surface area contributed by atoms with Crippen molar-refractivity contribution < 1.29 is 4.74 Å². The van der Waals surface area contributed by atoms with E-state index in [4.69, 9.17) is 10.1 Å². The normalized spacial score (nSPS) is 10.5. The zero-order valence-electron chi connectivity index (χ0n) is 12.7. The van der Waals surface area contributed by atoms with Crippen LogP contribution in [0.1, 0.15) is 25.0 Å². The molecule has 110 valence electrons. The Bertz CT molecular complexity index is 606. The lowest BCUT2D eigenvalue weighted by Gasteiger charge is -2.13. The van der Waals surface area contributed by atoms with E-state index in [9.17, 15) is 0 Å². The van der Waals surface area contributed by atoms with E-state index in [1.807, 2.05) is 36.4 Å². The van der Waals surface area contributed by atoms with Gasteiger partial charge in [-0.2, -0.15) is 0 Å². The summed E-state index contributed by atoms with van der Waals surface area (Å²) in [6.07, 6.45) is 1.74. The van der Waals surface area contributed by atoms with Gasteiger partial charge in [-0.3, -0.25) is 5.41 Å². The minimum absolute atomic E-state index is 0.456. The van der Waals surface area contributed by atoms with Crippen molar-refractivity contribution in [2.45, 2.75) is 13.8 Å². The first kappa shape index (κ1) is 15.0. The summed E-state index contributed by atoms with van der Waals surface area (Å²) in [6.45, 7) is 5.12. The molecule has 0 aliphatic carbocycles. The molecule has 0 bridgehead atoms. The van der Waals surface area contributed by atoms with Gasteiger partial charge in [0.1, 0.15) is 11.6 Å². The lowest BCUT2D eigenvalue weighted by Crippen LogP contribution is -2.13. The average molecular weight is 283 g/mol. The van der Waals surface area contributed by atoms with Crippen molar-refractivity contribution in [1.29, 1.82) is 5.41 Å². The zero-order valence-corrected chi connectivity index (χ0v) is 12.7. The Morgan fingerprint density at radius 3 is 2.57 bits per heavy atom. The van der Waals surface area contributed by atoms with Crippen LogP contribution in [-0.2, 0) is 0 Å². The third-order valence-electron chi connectivity index (χ3n) is 3.13. The van der Waals surface area contributed by atoms with Crippen LogP contribution in [0.25, 0.3) is 0 Å². The summed E-state index contributed by atoms with van der Waals surface area (Å²) in [6, 6.07) is 11.3. The summed E-state index contributed by atoms with van der Waals surface area (Å²) in [7, 11) is 1.63. The van der Waals surface area contributed by atoms with Gasteiger partial charge >= 0.3 is 0 Å². The highest BCUT2D eigenvalue weighted by atomic mass is 16.5. The summed E-state index contributed by atoms with van der Waals surface area (Å²) < 4.78 is 5.15. The number of nitrogens with one attached hydrogen (secondary N) is 2. The summed E-state index contributed by atoms with van der Waals surface area (Å²) in [5, 5.41) is 11.7. The van der Waals surface area contributed by atoms with E-state index < -0.39 is 0 Å². The molecule has 0 unspecified atom stereocenters. The van der Waals surface area contributed by atoms with Gasteiger partial charge in [0, 0.05) is 23.9 Å². The van der Waals surface area contributed by atoms with Crippen LogP contribution < -0.4 is 10.1 Å². The summed E-state index contributed by atoms with van der Waals surface area (Å²) in [5.41, 5.74) is 2.11. The molecule has 2 aromatic rings. The number of nitrogens with zero attached hydrogens (tertiary/aromatic N) is 1. The Labute approximate surface area is 125 Å². The Balaban J connectivity index is 2.25. The van der Waals surface area contributed by atoms with Gasteiger partial charge in [0.25, 0.3) is 0 Å². The molecule has 2 rings (SSSR count). The van der Waals surface area contributed by atoms with Crippen LogP contribution in [0, 0.1) is 11.3 Å². The Kier molecular flexibility index (Phi) is 4.93. The second-order valence-corrected chi connectivity index (χ2v) is 5.28. The number of aromatic nitrogens is 1. The molecule has 0 amide bonds. The van der Waals surface area contributed by atoms with Crippen LogP contribution in [0.5, 0.6) is 5.75 Å². The van der Waals surface area contributed by atoms with Crippen LogP contribution in [0.2, 0.25) is 0 Å². The molecule has 21 heavy (non-hydrogen) atoms. The molecular formula is C17H21N3O. The molecule has 0 radical (unpaired) electrons. The molecular weight excluding hydrogens is 262 g/mol. The topological polar surface area (TPSA) is 58.0 Å². The highest BCUT2D eigenvalue weighted by Crippen LogP contribution is 2.19. The fourth-order valence-corrected chi connectivity index (χ4v) is 1.96. The quantitative estimate of drug-likeness (QED) is 0.797. The highest BCUT2D eigenvalue weighted by molar-refractivity contribution is 6.13. The van der Waals surface area contributed by atoms with Crippen molar-refractivity contribution in [3.63, 3.8) is 0 Å². The monoisotopic (exact) mass is 283 g/mol. The van der Waals surface area contributed by atoms with E-state index in [0.717, 1.165) is 29.2 Å². The van der Waals surface area contributed by atoms with Crippen molar-refractivity contribution in [1.82, 2.24) is 4.98 Å². The third-order valence-corrected chi connectivity index (χ3v) is 3.13. The van der Waals surface area contributed by atoms with Crippen LogP contribution in [0.4, 0.5) is 5.82 Å². The molecule has 4 nitrogen and oxygen atoms in total. The minimum atomic E-state index is 0.456. The van der Waals surface area contributed by atoms with Crippen molar-refractivity contribution in [3.8, 4) is 5.75 Å². The largest absolute Gasteiger partial charge is 0.497 e. The molecule has 0 fully saturated rings. The van der Waals surface area contributed by atoms with Gasteiger partial charge < -0.3 is 10.1 Å². The average Bonchev–Trinajstić information content (AvgIpc) is 2.52. The Hall–Kier alpha value is -2.36. The number of benzene rings is 1. The second kappa shape index (κ2) is 6.88. The minimum Gasteiger partial charge on any atom is -0.497 e. The molecule has 0 saturated heterocycles. The number of methoxy groups -OCH3 is 1. The molecule has 0 aliphatic rings. The van der Waals surface area contributed by atoms with Crippen LogP contribution in [-0.4, -0.2) is 24.4 Å². The van der Waals surface area contributed by atoms with Crippen molar-refractivity contribution >= 4 is 11.5 Å². The zero-order chi connectivity index (χ0) is 15.2. The molecule has 0 aliphatic heterocycles. The van der Waals surface area contributed by atoms with E-state index in [2.05, 4.69) is 24.1 Å². The van der Waals surface area contributed by atoms with Gasteiger partial charge in [-0.05, 0) is 42.3 Å². The smallest absolute Gasteiger partial charge is 0.135 e. The van der Waals surface area contributed by atoms with E-state index in [0.29, 0.717) is 11.6 Å². The SMILES string of the molecule is COc1ccc(C(=N)c2cccnc2NCC(C)C)cc1. The van der Waals surface area contributed by atoms with Crippen LogP contribution >= 0.6 is 0 Å². The molecule has 1 aromatic carbocycles. The first-order chi connectivity index (χ1) is 10.1. The Morgan fingerprint density at radius 1 is 1.24 bits per heavy atom. The Morgan fingerprint density at radius 2 is 1.95 bits per heavy atom. The van der Waals surface area contributed by atoms with Gasteiger partial charge in [0.05, 0.1) is 12.8 Å². The lowest BCUT2D eigenvalue weighted by molar-refractivity contribution is 0.415. The number of anilines is 1. The second-order valence-electron chi connectivity index (χ2n) is 5.28. The molecule has 1 heterocycles. The summed E-state index contributed by atoms with van der Waals surface area (Å²) >= 11 is 0. The number of rotatable bonds is 6. The van der Waals surface area contributed by atoms with Gasteiger partial charge in [-0.1, -0.05) is 13.8 Å². The standard InChI is InChI=1S/C17H21N3O/c1-12(2)11-20-17-15(5-4-10-19-17)16(18)13-6-8-14(21-3)9-7-13/h4-10,12,18H,11H2,1-3H3,(H,19,20). The molecule has 1 aromatic heterocycles. The lowest BCUT2D eigenvalue weighted by atomic mass is 10.0. The molecule has 0 atom stereocenters. The third kappa shape index (κ3) is 3.81. The first-order valence-corrected chi connectivity index (χ1v) is 7.04. The van der Waals surface area contributed by atoms with E-state index in [1.54, 1.807) is 13.3 Å². The van der Waals surface area contributed by atoms with Gasteiger partial charge in [0.15, 0.2) is 0 Å². The molecule has 2 N–H and O–H groups in total. The number of ether oxygens (including phenoxy) is 1. The van der Waals surface area contributed by atoms with Crippen molar-refractivity contribution in [2.24, 2.45) is 5.92 Å². The predicted molar refractivity (Wildman–Crippen MR) is 86.5 cm³/mol. The fourth-order valence-electron chi connectivity index (χ4n) is 1.96. The van der Waals surface area contributed by atoms with Gasteiger partial charge in [0.2, 0.25) is 0 Å².